The van der Waals surface area contributed by atoms with Crippen molar-refractivity contribution in [3.8, 4) is 0 Å². The highest BCUT2D eigenvalue weighted by Crippen LogP contribution is 2.11. The van der Waals surface area contributed by atoms with Crippen molar-refractivity contribution >= 4 is 17.6 Å². The van der Waals surface area contributed by atoms with Crippen molar-refractivity contribution in [2.45, 2.75) is 84.0 Å². The number of alkyl halides is 1. The van der Waals surface area contributed by atoms with Gasteiger partial charge in [-0.3, -0.25) is 4.79 Å². The largest absolute Gasteiger partial charge is 0.480 e. The second kappa shape index (κ2) is 21.0. The van der Waals surface area contributed by atoms with Crippen LogP contribution in [0.1, 0.15) is 84.0 Å². The van der Waals surface area contributed by atoms with Gasteiger partial charge in [0.05, 0.1) is 0 Å². The first-order valence-electron chi connectivity index (χ1n) is 8.16. The van der Waals surface area contributed by atoms with Crippen LogP contribution in [0.3, 0.4) is 0 Å². The molecule has 0 bridgehead atoms. The van der Waals surface area contributed by atoms with Crippen molar-refractivity contribution in [2.24, 2.45) is 5.73 Å². The molecule has 3 N–H and O–H groups in total. The number of carboxylic acid groups (broad SMARTS) is 1. The van der Waals surface area contributed by atoms with Crippen molar-refractivity contribution in [1.29, 1.82) is 0 Å². The van der Waals surface area contributed by atoms with Crippen molar-refractivity contribution in [1.82, 2.24) is 0 Å². The molecule has 0 fully saturated rings. The Morgan fingerprint density at radius 1 is 0.850 bits per heavy atom. The molecule has 20 heavy (non-hydrogen) atoms. The smallest absolute Gasteiger partial charge is 0.318 e. The van der Waals surface area contributed by atoms with E-state index in [0.29, 0.717) is 0 Å². The fraction of sp³-hybridized carbons (Fsp3) is 0.938. The van der Waals surface area contributed by atoms with Crippen LogP contribution in [-0.2, 0) is 4.79 Å². The van der Waals surface area contributed by atoms with Crippen molar-refractivity contribution in [2.75, 3.05) is 12.4 Å². The van der Waals surface area contributed by atoms with Crippen LogP contribution in [0.5, 0.6) is 0 Å². The van der Waals surface area contributed by atoms with Crippen LogP contribution in [0.25, 0.3) is 0 Å². The van der Waals surface area contributed by atoms with Crippen LogP contribution >= 0.6 is 11.6 Å². The lowest BCUT2D eigenvalue weighted by Gasteiger charge is -2.01. The molecule has 0 heterocycles. The molecule has 0 aromatic carbocycles. The van der Waals surface area contributed by atoms with Crippen molar-refractivity contribution in [3.63, 3.8) is 0 Å². The first kappa shape index (κ1) is 22.0. The normalized spacial score (nSPS) is 9.95. The molecular formula is C16H34ClNO2. The van der Waals surface area contributed by atoms with E-state index in [-0.39, 0.29) is 5.88 Å². The third-order valence-electron chi connectivity index (χ3n) is 3.17. The molecule has 0 aliphatic rings. The molecule has 0 amide bonds. The molecule has 0 aromatic heterocycles. The number of rotatable bonds is 13. The molecular weight excluding hydrogens is 274 g/mol. The zero-order chi connectivity index (χ0) is 15.5. The number of hydrogen-bond donors (Lipinski definition) is 2. The SMILES string of the molecule is CCCCCCCCCCCCCCN.O=C(O)CCl. The third-order valence-corrected chi connectivity index (χ3v) is 3.40. The Morgan fingerprint density at radius 2 is 1.15 bits per heavy atom. The lowest BCUT2D eigenvalue weighted by atomic mass is 10.1. The molecule has 0 saturated heterocycles. The quantitative estimate of drug-likeness (QED) is 0.373. The first-order valence-corrected chi connectivity index (χ1v) is 8.70. The minimum atomic E-state index is -0.980. The van der Waals surface area contributed by atoms with Gasteiger partial charge in [-0.2, -0.15) is 0 Å². The number of hydrogen-bond acceptors (Lipinski definition) is 2. The zero-order valence-electron chi connectivity index (χ0n) is 13.2. The molecule has 0 aliphatic heterocycles. The average Bonchev–Trinajstić information content (AvgIpc) is 2.45. The molecule has 0 unspecified atom stereocenters. The van der Waals surface area contributed by atoms with Crippen molar-refractivity contribution in [3.05, 3.63) is 0 Å². The van der Waals surface area contributed by atoms with E-state index in [1.54, 1.807) is 0 Å². The standard InChI is InChI=1S/C14H31N.C2H3ClO2/c1-2-3-4-5-6-7-8-9-10-11-12-13-14-15;3-1-2(4)5/h2-15H2,1H3;1H2,(H,4,5). The molecule has 0 spiro atoms. The third kappa shape index (κ3) is 26.3. The number of unbranched alkanes of at least 4 members (excludes halogenated alkanes) is 11. The van der Waals surface area contributed by atoms with E-state index < -0.39 is 5.97 Å². The molecule has 0 aromatic rings. The van der Waals surface area contributed by atoms with Gasteiger partial charge < -0.3 is 10.8 Å². The Balaban J connectivity index is 0. The van der Waals surface area contributed by atoms with E-state index in [1.807, 2.05) is 0 Å². The van der Waals surface area contributed by atoms with Crippen LogP contribution in [0.2, 0.25) is 0 Å². The summed E-state index contributed by atoms with van der Waals surface area (Å²) in [4.78, 5) is 9.24. The summed E-state index contributed by atoms with van der Waals surface area (Å²) in [7, 11) is 0. The Morgan fingerprint density at radius 3 is 1.40 bits per heavy atom. The van der Waals surface area contributed by atoms with Gasteiger partial charge in [-0.1, -0.05) is 77.6 Å². The van der Waals surface area contributed by atoms with E-state index in [1.165, 1.54) is 77.0 Å². The first-order chi connectivity index (χ1) is 9.68. The van der Waals surface area contributed by atoms with Crippen LogP contribution in [-0.4, -0.2) is 23.5 Å². The monoisotopic (exact) mass is 307 g/mol. The second-order valence-electron chi connectivity index (χ2n) is 5.21. The van der Waals surface area contributed by atoms with Crippen LogP contribution in [0.15, 0.2) is 0 Å². The van der Waals surface area contributed by atoms with E-state index in [9.17, 15) is 4.79 Å². The Kier molecular flexibility index (Phi) is 23.1. The minimum absolute atomic E-state index is 0.306. The summed E-state index contributed by atoms with van der Waals surface area (Å²) < 4.78 is 0. The van der Waals surface area contributed by atoms with Gasteiger partial charge in [-0.25, -0.2) is 0 Å². The summed E-state index contributed by atoms with van der Waals surface area (Å²) in [6.07, 6.45) is 16.9. The van der Waals surface area contributed by atoms with E-state index >= 15 is 0 Å². The van der Waals surface area contributed by atoms with Crippen molar-refractivity contribution < 1.29 is 9.90 Å². The molecule has 3 nitrogen and oxygen atoms in total. The molecule has 0 saturated carbocycles. The zero-order valence-corrected chi connectivity index (χ0v) is 14.0. The Hall–Kier alpha value is -0.280. The van der Waals surface area contributed by atoms with Gasteiger partial charge >= 0.3 is 5.97 Å². The molecule has 4 heteroatoms. The average molecular weight is 308 g/mol. The number of halogens is 1. The second-order valence-corrected chi connectivity index (χ2v) is 5.47. The summed E-state index contributed by atoms with van der Waals surface area (Å²) in [6.45, 7) is 3.15. The molecule has 0 rings (SSSR count). The number of nitrogens with two attached hydrogens (primary N) is 1. The maximum absolute atomic E-state index is 9.24. The maximum Gasteiger partial charge on any atom is 0.318 e. The lowest BCUT2D eigenvalue weighted by molar-refractivity contribution is -0.134. The predicted molar refractivity (Wildman–Crippen MR) is 88.5 cm³/mol. The Bertz CT molecular complexity index is 177. The molecule has 0 aliphatic carbocycles. The molecule has 122 valence electrons. The summed E-state index contributed by atoms with van der Waals surface area (Å²) in [5.74, 6) is -1.29. The highest BCUT2D eigenvalue weighted by Gasteiger charge is 1.92. The van der Waals surface area contributed by atoms with E-state index in [4.69, 9.17) is 22.4 Å². The molecule has 0 atom stereocenters. The van der Waals surface area contributed by atoms with Gasteiger partial charge in [0, 0.05) is 0 Å². The fourth-order valence-corrected chi connectivity index (χ4v) is 1.99. The lowest BCUT2D eigenvalue weighted by Crippen LogP contribution is -1.97. The maximum atomic E-state index is 9.24. The summed E-state index contributed by atoms with van der Waals surface area (Å²) in [5.41, 5.74) is 5.45. The van der Waals surface area contributed by atoms with Gasteiger partial charge in [-0.15, -0.1) is 11.6 Å². The van der Waals surface area contributed by atoms with E-state index in [2.05, 4.69) is 6.92 Å². The van der Waals surface area contributed by atoms with Gasteiger partial charge in [0.25, 0.3) is 0 Å². The molecule has 0 radical (unpaired) electrons. The highest BCUT2D eigenvalue weighted by atomic mass is 35.5. The fourth-order valence-electron chi connectivity index (χ4n) is 1.99. The van der Waals surface area contributed by atoms with E-state index in [0.717, 1.165) is 6.54 Å². The number of carboxylic acids is 1. The van der Waals surface area contributed by atoms with Crippen LogP contribution in [0, 0.1) is 0 Å². The topological polar surface area (TPSA) is 63.3 Å². The summed E-state index contributed by atoms with van der Waals surface area (Å²) >= 11 is 4.74. The van der Waals surface area contributed by atoms with Crippen LogP contribution < -0.4 is 5.73 Å². The summed E-state index contributed by atoms with van der Waals surface area (Å²) in [6, 6.07) is 0. The predicted octanol–water partition coefficient (Wildman–Crippen LogP) is 4.96. The number of aliphatic carboxylic acids is 1. The van der Waals surface area contributed by atoms with Gasteiger partial charge in [-0.05, 0) is 13.0 Å². The van der Waals surface area contributed by atoms with Gasteiger partial charge in [0.2, 0.25) is 0 Å². The number of carbonyl (C=O) groups is 1. The van der Waals surface area contributed by atoms with Crippen LogP contribution in [0.4, 0.5) is 0 Å². The summed E-state index contributed by atoms with van der Waals surface area (Å²) in [5, 5.41) is 7.59. The van der Waals surface area contributed by atoms with Gasteiger partial charge in [0.1, 0.15) is 5.88 Å². The Labute approximate surface area is 130 Å². The van der Waals surface area contributed by atoms with Gasteiger partial charge in [0.15, 0.2) is 0 Å². The highest BCUT2D eigenvalue weighted by molar-refractivity contribution is 6.26. The minimum Gasteiger partial charge on any atom is -0.480 e.